The van der Waals surface area contributed by atoms with Gasteiger partial charge in [-0.3, -0.25) is 0 Å². The third-order valence-electron chi connectivity index (χ3n) is 2.85. The zero-order chi connectivity index (χ0) is 14.8. The summed E-state index contributed by atoms with van der Waals surface area (Å²) in [6, 6.07) is 0. The summed E-state index contributed by atoms with van der Waals surface area (Å²) in [6.45, 7) is 4.30. The molecule has 1 fully saturated rings. The molecular weight excluding hydrogens is 307 g/mol. The Morgan fingerprint density at radius 3 is 2.25 bits per heavy atom. The molecule has 1 aliphatic heterocycles. The van der Waals surface area contributed by atoms with E-state index < -0.39 is 5.54 Å². The van der Waals surface area contributed by atoms with Crippen LogP contribution in [0.2, 0.25) is 10.6 Å². The molecule has 7 nitrogen and oxygen atoms in total. The van der Waals surface area contributed by atoms with Crippen molar-refractivity contribution in [3.8, 4) is 0 Å². The molecular formula is C11H16Cl2N4O3. The number of nitrogens with one attached hydrogen (secondary N) is 1. The van der Waals surface area contributed by atoms with Gasteiger partial charge in [0.1, 0.15) is 5.54 Å². The van der Waals surface area contributed by atoms with Crippen LogP contribution in [-0.4, -0.2) is 51.7 Å². The van der Waals surface area contributed by atoms with Gasteiger partial charge in [0, 0.05) is 5.92 Å². The van der Waals surface area contributed by atoms with E-state index in [-0.39, 0.29) is 48.5 Å². The molecule has 2 heterocycles. The van der Waals surface area contributed by atoms with Gasteiger partial charge in [-0.15, -0.1) is 0 Å². The molecule has 0 atom stereocenters. The Morgan fingerprint density at radius 2 is 1.80 bits per heavy atom. The summed E-state index contributed by atoms with van der Waals surface area (Å²) in [5.41, 5.74) is -0.834. The van der Waals surface area contributed by atoms with E-state index in [2.05, 4.69) is 20.3 Å². The van der Waals surface area contributed by atoms with Gasteiger partial charge < -0.3 is 19.9 Å². The monoisotopic (exact) mass is 322 g/mol. The van der Waals surface area contributed by atoms with E-state index >= 15 is 0 Å². The molecule has 2 N–H and O–H groups in total. The lowest BCUT2D eigenvalue weighted by Crippen LogP contribution is -2.56. The van der Waals surface area contributed by atoms with Gasteiger partial charge in [0.15, 0.2) is 6.29 Å². The van der Waals surface area contributed by atoms with Crippen LogP contribution in [0.4, 0.5) is 5.95 Å². The minimum absolute atomic E-state index is 0.0294. The lowest BCUT2D eigenvalue weighted by atomic mass is 10.0. The fourth-order valence-corrected chi connectivity index (χ4v) is 2.14. The number of aliphatic hydroxyl groups is 1. The number of hydrogen-bond acceptors (Lipinski definition) is 7. The first-order chi connectivity index (χ1) is 9.44. The van der Waals surface area contributed by atoms with Gasteiger partial charge in [0.2, 0.25) is 16.5 Å². The molecule has 112 valence electrons. The van der Waals surface area contributed by atoms with Gasteiger partial charge in [-0.1, -0.05) is 13.8 Å². The number of ether oxygens (including phenoxy) is 2. The van der Waals surface area contributed by atoms with Crippen molar-refractivity contribution in [3.63, 3.8) is 0 Å². The van der Waals surface area contributed by atoms with Gasteiger partial charge in [-0.25, -0.2) is 0 Å². The number of anilines is 1. The van der Waals surface area contributed by atoms with Gasteiger partial charge in [-0.05, 0) is 23.2 Å². The molecule has 0 radical (unpaired) electrons. The predicted octanol–water partition coefficient (Wildman–Crippen LogP) is 1.35. The Balaban J connectivity index is 2.09. The van der Waals surface area contributed by atoms with Gasteiger partial charge in [-0.2, -0.15) is 15.0 Å². The third kappa shape index (κ3) is 3.67. The zero-order valence-corrected chi connectivity index (χ0v) is 12.6. The maximum absolute atomic E-state index is 9.61. The summed E-state index contributed by atoms with van der Waals surface area (Å²) in [6.07, 6.45) is -0.290. The van der Waals surface area contributed by atoms with Crippen molar-refractivity contribution in [2.24, 2.45) is 5.92 Å². The third-order valence-corrected chi connectivity index (χ3v) is 3.19. The predicted molar refractivity (Wildman–Crippen MR) is 73.8 cm³/mol. The summed E-state index contributed by atoms with van der Waals surface area (Å²) in [7, 11) is 0. The molecule has 0 aliphatic carbocycles. The first kappa shape index (κ1) is 15.7. The molecule has 0 unspecified atom stereocenters. The molecule has 1 aliphatic rings. The molecule has 1 aromatic heterocycles. The van der Waals surface area contributed by atoms with Gasteiger partial charge >= 0.3 is 0 Å². The van der Waals surface area contributed by atoms with E-state index in [9.17, 15) is 5.11 Å². The van der Waals surface area contributed by atoms with E-state index in [4.69, 9.17) is 32.7 Å². The smallest absolute Gasteiger partial charge is 0.228 e. The van der Waals surface area contributed by atoms with Crippen molar-refractivity contribution in [1.29, 1.82) is 0 Å². The van der Waals surface area contributed by atoms with Crippen LogP contribution in [-0.2, 0) is 9.47 Å². The Labute approximate surface area is 126 Å². The highest BCUT2D eigenvalue weighted by atomic mass is 35.5. The van der Waals surface area contributed by atoms with Crippen LogP contribution in [0.5, 0.6) is 0 Å². The van der Waals surface area contributed by atoms with Gasteiger partial charge in [0.05, 0.1) is 19.8 Å². The normalized spacial score (nSPS) is 26.8. The van der Waals surface area contributed by atoms with Crippen molar-refractivity contribution in [3.05, 3.63) is 10.6 Å². The molecule has 0 aromatic carbocycles. The average molecular weight is 323 g/mol. The molecule has 0 spiro atoms. The van der Waals surface area contributed by atoms with Crippen molar-refractivity contribution < 1.29 is 14.6 Å². The van der Waals surface area contributed by atoms with Crippen LogP contribution in [0.3, 0.4) is 0 Å². The van der Waals surface area contributed by atoms with E-state index in [0.29, 0.717) is 0 Å². The minimum atomic E-state index is -0.834. The standard InChI is InChI=1S/C11H16Cl2N4O3/c1-6(2)7-19-4-11(3-18,5-20-7)17-10-15-8(12)14-9(13)16-10/h6-7,18H,3-5H2,1-2H3,(H,14,15,16,17). The molecule has 0 saturated carbocycles. The van der Waals surface area contributed by atoms with Crippen LogP contribution in [0.25, 0.3) is 0 Å². The summed E-state index contributed by atoms with van der Waals surface area (Å²) >= 11 is 11.4. The minimum Gasteiger partial charge on any atom is -0.394 e. The second kappa shape index (κ2) is 6.36. The SMILES string of the molecule is CC(C)C1OCC(CO)(Nc2nc(Cl)nc(Cl)n2)CO1. The number of nitrogens with zero attached hydrogens (tertiary/aromatic N) is 3. The quantitative estimate of drug-likeness (QED) is 0.864. The molecule has 2 rings (SSSR count). The molecule has 0 bridgehead atoms. The summed E-state index contributed by atoms with van der Waals surface area (Å²) in [5, 5.41) is 12.5. The van der Waals surface area contributed by atoms with Crippen LogP contribution < -0.4 is 5.32 Å². The Morgan fingerprint density at radius 1 is 1.25 bits per heavy atom. The Kier molecular flexibility index (Phi) is 4.98. The summed E-state index contributed by atoms with van der Waals surface area (Å²) < 4.78 is 11.2. The largest absolute Gasteiger partial charge is 0.394 e. The van der Waals surface area contributed by atoms with E-state index in [1.54, 1.807) is 0 Å². The second-order valence-electron chi connectivity index (χ2n) is 4.99. The topological polar surface area (TPSA) is 89.4 Å². The highest BCUT2D eigenvalue weighted by Crippen LogP contribution is 2.23. The average Bonchev–Trinajstić information content (AvgIpc) is 2.38. The number of rotatable bonds is 4. The summed E-state index contributed by atoms with van der Waals surface area (Å²) in [4.78, 5) is 11.5. The number of aromatic nitrogens is 3. The molecule has 20 heavy (non-hydrogen) atoms. The molecule has 1 aromatic rings. The lowest BCUT2D eigenvalue weighted by molar-refractivity contribution is -0.225. The summed E-state index contributed by atoms with van der Waals surface area (Å²) in [5.74, 6) is 0.395. The molecule has 0 amide bonds. The van der Waals surface area contributed by atoms with Crippen molar-refractivity contribution in [2.75, 3.05) is 25.1 Å². The fraction of sp³-hybridized carbons (Fsp3) is 0.727. The van der Waals surface area contributed by atoms with Crippen molar-refractivity contribution in [1.82, 2.24) is 15.0 Å². The zero-order valence-electron chi connectivity index (χ0n) is 11.1. The van der Waals surface area contributed by atoms with Crippen LogP contribution in [0, 0.1) is 5.92 Å². The van der Waals surface area contributed by atoms with E-state index in [0.717, 1.165) is 0 Å². The number of aliphatic hydroxyl groups excluding tert-OH is 1. The Bertz CT molecular complexity index is 447. The maximum Gasteiger partial charge on any atom is 0.228 e. The highest BCUT2D eigenvalue weighted by molar-refractivity contribution is 6.31. The first-order valence-corrected chi connectivity index (χ1v) is 6.89. The molecule has 9 heteroatoms. The Hall–Kier alpha value is -0.730. The fourth-order valence-electron chi connectivity index (χ4n) is 1.78. The lowest BCUT2D eigenvalue weighted by Gasteiger charge is -2.40. The molecule has 1 saturated heterocycles. The maximum atomic E-state index is 9.61. The first-order valence-electron chi connectivity index (χ1n) is 6.13. The van der Waals surface area contributed by atoms with E-state index in [1.165, 1.54) is 0 Å². The number of hydrogen-bond donors (Lipinski definition) is 2. The second-order valence-corrected chi connectivity index (χ2v) is 5.67. The van der Waals surface area contributed by atoms with Crippen molar-refractivity contribution in [2.45, 2.75) is 25.7 Å². The van der Waals surface area contributed by atoms with Gasteiger partial charge in [0.25, 0.3) is 0 Å². The number of halogens is 2. The van der Waals surface area contributed by atoms with Crippen LogP contribution in [0.1, 0.15) is 13.8 Å². The van der Waals surface area contributed by atoms with Crippen LogP contribution >= 0.6 is 23.2 Å². The van der Waals surface area contributed by atoms with Crippen molar-refractivity contribution >= 4 is 29.2 Å². The van der Waals surface area contributed by atoms with E-state index in [1.807, 2.05) is 13.8 Å². The highest BCUT2D eigenvalue weighted by Gasteiger charge is 2.38. The van der Waals surface area contributed by atoms with Crippen LogP contribution in [0.15, 0.2) is 0 Å².